The first-order chi connectivity index (χ1) is 13.4. The molecule has 0 aliphatic rings. The van der Waals surface area contributed by atoms with E-state index in [4.69, 9.17) is 4.74 Å². The van der Waals surface area contributed by atoms with Gasteiger partial charge in [-0.2, -0.15) is 9.36 Å². The van der Waals surface area contributed by atoms with Gasteiger partial charge in [-0.05, 0) is 56.5 Å². The van der Waals surface area contributed by atoms with Gasteiger partial charge in [0.15, 0.2) is 5.82 Å². The van der Waals surface area contributed by atoms with Crippen LogP contribution in [0.3, 0.4) is 0 Å². The Morgan fingerprint density at radius 1 is 1.11 bits per heavy atom. The molecule has 28 heavy (non-hydrogen) atoms. The highest BCUT2D eigenvalue weighted by Gasteiger charge is 2.11. The second-order valence-electron chi connectivity index (χ2n) is 6.96. The smallest absolute Gasteiger partial charge is 0.298 e. The first kappa shape index (κ1) is 20.0. The van der Waals surface area contributed by atoms with E-state index in [9.17, 15) is 0 Å². The number of nitrogens with zero attached hydrogens (tertiary/aromatic N) is 4. The summed E-state index contributed by atoms with van der Waals surface area (Å²) in [4.78, 5) is 11.1. The normalized spacial score (nSPS) is 11.2. The molecule has 0 aliphatic carbocycles. The van der Waals surface area contributed by atoms with Gasteiger partial charge < -0.3 is 9.64 Å². The van der Waals surface area contributed by atoms with Crippen LogP contribution < -0.4 is 4.74 Å². The molecule has 0 radical (unpaired) electrons. The van der Waals surface area contributed by atoms with Crippen LogP contribution in [0.25, 0.3) is 0 Å². The van der Waals surface area contributed by atoms with Crippen molar-refractivity contribution < 1.29 is 4.74 Å². The quantitative estimate of drug-likeness (QED) is 0.394. The summed E-state index contributed by atoms with van der Waals surface area (Å²) in [5.41, 5.74) is 5.47. The van der Waals surface area contributed by atoms with E-state index in [2.05, 4.69) is 52.5 Å². The third-order valence-electron chi connectivity index (χ3n) is 4.52. The lowest BCUT2D eigenvalue weighted by Gasteiger charge is -2.11. The zero-order valence-electron chi connectivity index (χ0n) is 17.1. The highest BCUT2D eigenvalue weighted by molar-refractivity contribution is 7.07. The molecule has 1 aromatic heterocycles. The molecular weight excluding hydrogens is 368 g/mol. The lowest BCUT2D eigenvalue weighted by molar-refractivity contribution is 0.473. The number of ether oxygens (including phenoxy) is 1. The van der Waals surface area contributed by atoms with Crippen LogP contribution in [-0.2, 0) is 6.42 Å². The number of hydrogen-bond acceptors (Lipinski definition) is 5. The van der Waals surface area contributed by atoms with E-state index in [1.807, 2.05) is 44.3 Å². The van der Waals surface area contributed by atoms with Gasteiger partial charge >= 0.3 is 0 Å². The summed E-state index contributed by atoms with van der Waals surface area (Å²) in [5, 5.41) is 0.562. The Labute approximate surface area is 170 Å². The topological polar surface area (TPSA) is 50.6 Å². The molecule has 1 heterocycles. The van der Waals surface area contributed by atoms with E-state index < -0.39 is 0 Å². The highest BCUT2D eigenvalue weighted by Crippen LogP contribution is 2.32. The van der Waals surface area contributed by atoms with Gasteiger partial charge in [0.2, 0.25) is 0 Å². The average molecular weight is 395 g/mol. The van der Waals surface area contributed by atoms with Crippen LogP contribution in [0.15, 0.2) is 41.4 Å². The molecule has 0 unspecified atom stereocenters. The summed E-state index contributed by atoms with van der Waals surface area (Å²) in [6, 6.07) is 12.5. The van der Waals surface area contributed by atoms with Gasteiger partial charge in [0.05, 0.1) is 12.0 Å². The molecule has 5 nitrogen and oxygen atoms in total. The zero-order chi connectivity index (χ0) is 20.1. The molecule has 0 saturated heterocycles. The van der Waals surface area contributed by atoms with E-state index >= 15 is 0 Å². The van der Waals surface area contributed by atoms with Crippen molar-refractivity contribution in [1.82, 2.24) is 14.3 Å². The van der Waals surface area contributed by atoms with Crippen molar-refractivity contribution in [3.8, 4) is 10.9 Å². The Balaban J connectivity index is 1.71. The van der Waals surface area contributed by atoms with Crippen LogP contribution in [0.1, 0.15) is 35.0 Å². The van der Waals surface area contributed by atoms with Gasteiger partial charge in [-0.25, -0.2) is 4.99 Å². The molecular formula is C22H26N4OS. The van der Waals surface area contributed by atoms with Gasteiger partial charge in [-0.15, -0.1) is 0 Å². The average Bonchev–Trinajstić information content (AvgIpc) is 3.11. The predicted molar refractivity (Wildman–Crippen MR) is 116 cm³/mol. The van der Waals surface area contributed by atoms with Crippen LogP contribution in [-0.4, -0.2) is 34.2 Å². The van der Waals surface area contributed by atoms with Crippen molar-refractivity contribution in [3.05, 3.63) is 64.5 Å². The van der Waals surface area contributed by atoms with E-state index in [1.54, 1.807) is 0 Å². The van der Waals surface area contributed by atoms with Crippen molar-refractivity contribution in [2.24, 2.45) is 4.99 Å². The monoisotopic (exact) mass is 394 g/mol. The summed E-state index contributed by atoms with van der Waals surface area (Å²) in [7, 11) is 2.01. The summed E-state index contributed by atoms with van der Waals surface area (Å²) in [5.74, 6) is 1.57. The minimum atomic E-state index is 0.562. The van der Waals surface area contributed by atoms with Gasteiger partial charge in [0.25, 0.3) is 5.19 Å². The van der Waals surface area contributed by atoms with E-state index in [0.717, 1.165) is 34.9 Å². The molecule has 146 valence electrons. The molecule has 0 aliphatic heterocycles. The fourth-order valence-electron chi connectivity index (χ4n) is 2.60. The maximum Gasteiger partial charge on any atom is 0.298 e. The largest absolute Gasteiger partial charge is 0.430 e. The molecule has 0 atom stereocenters. The fraction of sp³-hybridized carbons (Fsp3) is 0.318. The molecule has 0 N–H and O–H groups in total. The van der Waals surface area contributed by atoms with Gasteiger partial charge in [-0.1, -0.05) is 29.8 Å². The lowest BCUT2D eigenvalue weighted by Crippen LogP contribution is -2.14. The number of benzene rings is 2. The van der Waals surface area contributed by atoms with Crippen molar-refractivity contribution >= 4 is 23.6 Å². The first-order valence-electron chi connectivity index (χ1n) is 9.36. The molecule has 0 fully saturated rings. The van der Waals surface area contributed by atoms with Crippen LogP contribution in [0.5, 0.6) is 10.9 Å². The fourth-order valence-corrected chi connectivity index (χ4v) is 3.16. The van der Waals surface area contributed by atoms with Gasteiger partial charge in [-0.3, -0.25) is 0 Å². The maximum atomic E-state index is 6.01. The Morgan fingerprint density at radius 2 is 1.86 bits per heavy atom. The zero-order valence-corrected chi connectivity index (χ0v) is 17.9. The number of aromatic nitrogens is 2. The molecule has 0 spiro atoms. The van der Waals surface area contributed by atoms with Crippen molar-refractivity contribution in [2.75, 3.05) is 13.6 Å². The summed E-state index contributed by atoms with van der Waals surface area (Å²) in [6.45, 7) is 9.15. The second kappa shape index (κ2) is 8.97. The van der Waals surface area contributed by atoms with Crippen LogP contribution >= 0.6 is 11.5 Å². The molecule has 0 bridgehead atoms. The van der Waals surface area contributed by atoms with Crippen LogP contribution in [0.4, 0.5) is 5.69 Å². The summed E-state index contributed by atoms with van der Waals surface area (Å²) < 4.78 is 10.4. The number of rotatable bonds is 7. The number of aliphatic imine (C=N–C) groups is 1. The molecule has 0 saturated carbocycles. The van der Waals surface area contributed by atoms with Crippen molar-refractivity contribution in [3.63, 3.8) is 0 Å². The minimum absolute atomic E-state index is 0.562. The lowest BCUT2D eigenvalue weighted by atomic mass is 10.1. The van der Waals surface area contributed by atoms with Crippen LogP contribution in [0.2, 0.25) is 0 Å². The molecule has 2 aromatic carbocycles. The van der Waals surface area contributed by atoms with E-state index in [0.29, 0.717) is 11.6 Å². The summed E-state index contributed by atoms with van der Waals surface area (Å²) >= 11 is 1.28. The molecule has 3 rings (SSSR count). The standard InChI is InChI=1S/C22H26N4OS/c1-6-26(5)14-23-19-11-17(4)20(12-16(19)3)27-22-24-21(25-28-22)13-18-9-7-15(2)8-10-18/h7-12,14H,6,13H2,1-5H3/b23-14+. The summed E-state index contributed by atoms with van der Waals surface area (Å²) in [6.07, 6.45) is 2.56. The Hall–Kier alpha value is -2.73. The SMILES string of the molecule is CCN(C)/C=N/c1cc(C)c(Oc2nc(Cc3ccc(C)cc3)ns2)cc1C. The Bertz CT molecular complexity index is 963. The highest BCUT2D eigenvalue weighted by atomic mass is 32.1. The first-order valence-corrected chi connectivity index (χ1v) is 10.1. The molecule has 0 amide bonds. The minimum Gasteiger partial charge on any atom is -0.430 e. The van der Waals surface area contributed by atoms with Crippen molar-refractivity contribution in [1.29, 1.82) is 0 Å². The van der Waals surface area contributed by atoms with Crippen molar-refractivity contribution in [2.45, 2.75) is 34.1 Å². The van der Waals surface area contributed by atoms with Crippen LogP contribution in [0, 0.1) is 20.8 Å². The van der Waals surface area contributed by atoms with E-state index in [-0.39, 0.29) is 0 Å². The predicted octanol–water partition coefficient (Wildman–Crippen LogP) is 5.46. The van der Waals surface area contributed by atoms with Gasteiger partial charge in [0.1, 0.15) is 5.75 Å². The second-order valence-corrected chi connectivity index (χ2v) is 7.68. The number of aryl methyl sites for hydroxylation is 3. The number of hydrogen-bond donors (Lipinski definition) is 0. The third kappa shape index (κ3) is 5.16. The Morgan fingerprint density at radius 3 is 2.57 bits per heavy atom. The molecule has 6 heteroatoms. The Kier molecular flexibility index (Phi) is 6.41. The van der Waals surface area contributed by atoms with E-state index in [1.165, 1.54) is 22.7 Å². The van der Waals surface area contributed by atoms with Gasteiger partial charge in [0, 0.05) is 31.5 Å². The third-order valence-corrected chi connectivity index (χ3v) is 5.15. The maximum absolute atomic E-state index is 6.01. The molecule has 3 aromatic rings.